The van der Waals surface area contributed by atoms with Crippen LogP contribution in [0.1, 0.15) is 88.7 Å². The summed E-state index contributed by atoms with van der Waals surface area (Å²) in [4.78, 5) is 0. The molecule has 0 spiro atoms. The lowest BCUT2D eigenvalue weighted by atomic mass is 9.78. The lowest BCUT2D eigenvalue weighted by molar-refractivity contribution is 0.375. The standard InChI is InChI=1S/C26H34F2/c1-3-5-7-9-19-11-13-20(14-12-19)21-15-16-22-17-23(10-8-6-4-2)25(27)26(28)24(22)18-21/h7,9,15-20H,3-6,8,10-14H2,1-2H3/b9-7+. The fraction of sp³-hybridized carbons (Fsp3) is 0.538. The molecule has 28 heavy (non-hydrogen) atoms. The van der Waals surface area contributed by atoms with Crippen LogP contribution in [0.25, 0.3) is 10.8 Å². The van der Waals surface area contributed by atoms with Gasteiger partial charge in [0.05, 0.1) is 0 Å². The van der Waals surface area contributed by atoms with Crippen LogP contribution in [0, 0.1) is 17.6 Å². The molecule has 1 aliphatic carbocycles. The number of fused-ring (bicyclic) bond motifs is 1. The summed E-state index contributed by atoms with van der Waals surface area (Å²) in [7, 11) is 0. The third-order valence-electron chi connectivity index (χ3n) is 6.27. The van der Waals surface area contributed by atoms with Gasteiger partial charge in [0.1, 0.15) is 0 Å². The molecule has 0 atom stereocenters. The zero-order valence-corrected chi connectivity index (χ0v) is 17.4. The first kappa shape index (κ1) is 21.0. The Morgan fingerprint density at radius 1 is 0.929 bits per heavy atom. The van der Waals surface area contributed by atoms with Crippen LogP contribution in [0.4, 0.5) is 8.78 Å². The van der Waals surface area contributed by atoms with Crippen LogP contribution in [0.2, 0.25) is 0 Å². The summed E-state index contributed by atoms with van der Waals surface area (Å²) in [6.45, 7) is 4.32. The molecule has 0 aromatic heterocycles. The van der Waals surface area contributed by atoms with E-state index in [9.17, 15) is 8.78 Å². The van der Waals surface area contributed by atoms with E-state index in [2.05, 4.69) is 32.1 Å². The van der Waals surface area contributed by atoms with Gasteiger partial charge in [-0.2, -0.15) is 0 Å². The number of aryl methyl sites for hydroxylation is 1. The smallest absolute Gasteiger partial charge is 0.166 e. The molecule has 0 nitrogen and oxygen atoms in total. The molecular weight excluding hydrogens is 350 g/mol. The third-order valence-corrected chi connectivity index (χ3v) is 6.27. The Kier molecular flexibility index (Phi) is 7.65. The van der Waals surface area contributed by atoms with Gasteiger partial charge in [0.2, 0.25) is 0 Å². The van der Waals surface area contributed by atoms with Gasteiger partial charge in [0, 0.05) is 5.39 Å². The van der Waals surface area contributed by atoms with Crippen LogP contribution >= 0.6 is 0 Å². The van der Waals surface area contributed by atoms with Crippen molar-refractivity contribution in [3.8, 4) is 0 Å². The molecule has 0 aliphatic heterocycles. The van der Waals surface area contributed by atoms with E-state index in [0.29, 0.717) is 29.2 Å². The number of allylic oxidation sites excluding steroid dienone is 2. The van der Waals surface area contributed by atoms with Crippen molar-refractivity contribution in [2.75, 3.05) is 0 Å². The van der Waals surface area contributed by atoms with Gasteiger partial charge in [-0.15, -0.1) is 0 Å². The maximum absolute atomic E-state index is 14.8. The van der Waals surface area contributed by atoms with Crippen molar-refractivity contribution >= 4 is 10.8 Å². The summed E-state index contributed by atoms with van der Waals surface area (Å²) in [5.74, 6) is -0.164. The van der Waals surface area contributed by atoms with E-state index in [1.54, 1.807) is 0 Å². The van der Waals surface area contributed by atoms with Crippen molar-refractivity contribution in [2.45, 2.75) is 84.0 Å². The van der Waals surface area contributed by atoms with Gasteiger partial charge in [-0.1, -0.05) is 57.4 Å². The first-order valence-corrected chi connectivity index (χ1v) is 11.2. The van der Waals surface area contributed by atoms with Crippen LogP contribution in [0.15, 0.2) is 36.4 Å². The predicted molar refractivity (Wildman–Crippen MR) is 116 cm³/mol. The van der Waals surface area contributed by atoms with Crippen molar-refractivity contribution in [3.63, 3.8) is 0 Å². The Balaban J connectivity index is 1.74. The SMILES string of the molecule is CCC/C=C/C1CCC(c2ccc3cc(CCCCC)c(F)c(F)c3c2)CC1. The summed E-state index contributed by atoms with van der Waals surface area (Å²) < 4.78 is 29.3. The molecule has 0 saturated heterocycles. The van der Waals surface area contributed by atoms with Crippen LogP contribution in [-0.4, -0.2) is 0 Å². The number of hydrogen-bond acceptors (Lipinski definition) is 0. The van der Waals surface area contributed by atoms with Gasteiger partial charge in [0.15, 0.2) is 11.6 Å². The highest BCUT2D eigenvalue weighted by molar-refractivity contribution is 5.85. The van der Waals surface area contributed by atoms with E-state index >= 15 is 0 Å². The van der Waals surface area contributed by atoms with Crippen molar-refractivity contribution < 1.29 is 8.78 Å². The monoisotopic (exact) mass is 384 g/mol. The number of rotatable bonds is 8. The Morgan fingerprint density at radius 2 is 1.71 bits per heavy atom. The van der Waals surface area contributed by atoms with Gasteiger partial charge in [0.25, 0.3) is 0 Å². The Labute approximate surface area is 169 Å². The topological polar surface area (TPSA) is 0 Å². The molecule has 1 fully saturated rings. The number of benzene rings is 2. The fourth-order valence-electron chi connectivity index (χ4n) is 4.50. The molecule has 0 N–H and O–H groups in total. The molecule has 2 aromatic carbocycles. The minimum atomic E-state index is -0.665. The lowest BCUT2D eigenvalue weighted by Crippen LogP contribution is -2.11. The summed E-state index contributed by atoms with van der Waals surface area (Å²) in [5.41, 5.74) is 1.69. The molecule has 152 valence electrons. The highest BCUT2D eigenvalue weighted by Gasteiger charge is 2.22. The minimum Gasteiger partial charge on any atom is -0.203 e. The second-order valence-corrected chi connectivity index (χ2v) is 8.43. The molecule has 1 aliphatic rings. The largest absolute Gasteiger partial charge is 0.203 e. The van der Waals surface area contributed by atoms with Gasteiger partial charge in [-0.05, 0) is 85.4 Å². The van der Waals surface area contributed by atoms with Gasteiger partial charge >= 0.3 is 0 Å². The van der Waals surface area contributed by atoms with Crippen molar-refractivity contribution in [2.24, 2.45) is 5.92 Å². The van der Waals surface area contributed by atoms with Crippen molar-refractivity contribution in [1.29, 1.82) is 0 Å². The molecule has 0 amide bonds. The second kappa shape index (κ2) is 10.2. The molecule has 0 radical (unpaired) electrons. The van der Waals surface area contributed by atoms with Crippen LogP contribution in [-0.2, 0) is 6.42 Å². The van der Waals surface area contributed by atoms with Gasteiger partial charge in [-0.3, -0.25) is 0 Å². The second-order valence-electron chi connectivity index (χ2n) is 8.43. The average molecular weight is 385 g/mol. The Bertz CT molecular complexity index is 798. The molecule has 0 unspecified atom stereocenters. The quantitative estimate of drug-likeness (QED) is 0.316. The zero-order valence-electron chi connectivity index (χ0n) is 17.4. The van der Waals surface area contributed by atoms with E-state index < -0.39 is 11.6 Å². The normalized spacial score (nSPS) is 20.3. The first-order chi connectivity index (χ1) is 13.6. The van der Waals surface area contributed by atoms with Crippen LogP contribution in [0.5, 0.6) is 0 Å². The average Bonchev–Trinajstić information content (AvgIpc) is 2.72. The van der Waals surface area contributed by atoms with E-state index in [1.807, 2.05) is 18.2 Å². The van der Waals surface area contributed by atoms with E-state index in [4.69, 9.17) is 0 Å². The molecule has 0 bridgehead atoms. The predicted octanol–water partition coefficient (Wildman–Crippen LogP) is 8.48. The van der Waals surface area contributed by atoms with E-state index in [0.717, 1.165) is 43.9 Å². The van der Waals surface area contributed by atoms with Crippen LogP contribution < -0.4 is 0 Å². The summed E-state index contributed by atoms with van der Waals surface area (Å²) in [6, 6.07) is 7.88. The first-order valence-electron chi connectivity index (χ1n) is 11.2. The number of unbranched alkanes of at least 4 members (excludes halogenated alkanes) is 3. The molecule has 3 rings (SSSR count). The summed E-state index contributed by atoms with van der Waals surface area (Å²) in [5, 5.41) is 1.27. The molecule has 2 aromatic rings. The number of hydrogen-bond donors (Lipinski definition) is 0. The lowest BCUT2D eigenvalue weighted by Gasteiger charge is -2.27. The van der Waals surface area contributed by atoms with Gasteiger partial charge < -0.3 is 0 Å². The maximum atomic E-state index is 14.8. The van der Waals surface area contributed by atoms with Crippen molar-refractivity contribution in [3.05, 3.63) is 59.2 Å². The van der Waals surface area contributed by atoms with E-state index in [1.165, 1.54) is 24.8 Å². The summed E-state index contributed by atoms with van der Waals surface area (Å²) >= 11 is 0. The fourth-order valence-corrected chi connectivity index (χ4v) is 4.50. The molecule has 1 saturated carbocycles. The zero-order chi connectivity index (χ0) is 19.9. The molecular formula is C26H34F2. The molecule has 2 heteroatoms. The minimum absolute atomic E-state index is 0.444. The Hall–Kier alpha value is -1.70. The maximum Gasteiger partial charge on any atom is 0.166 e. The highest BCUT2D eigenvalue weighted by Crippen LogP contribution is 2.38. The Morgan fingerprint density at radius 3 is 2.43 bits per heavy atom. The molecule has 0 heterocycles. The highest BCUT2D eigenvalue weighted by atomic mass is 19.2. The van der Waals surface area contributed by atoms with Gasteiger partial charge in [-0.25, -0.2) is 8.78 Å². The summed E-state index contributed by atoms with van der Waals surface area (Å²) in [6.07, 6.45) is 15.4. The van der Waals surface area contributed by atoms with E-state index in [-0.39, 0.29) is 0 Å². The van der Waals surface area contributed by atoms with Crippen molar-refractivity contribution in [1.82, 2.24) is 0 Å². The number of halogens is 2. The third kappa shape index (κ3) is 5.01. The van der Waals surface area contributed by atoms with Crippen LogP contribution in [0.3, 0.4) is 0 Å².